The number of para-hydroxylation sites is 1. The molecule has 1 aliphatic heterocycles. The van der Waals surface area contributed by atoms with Crippen LogP contribution in [-0.2, 0) is 19.1 Å². The van der Waals surface area contributed by atoms with Gasteiger partial charge in [0.1, 0.15) is 0 Å². The maximum atomic E-state index is 12.3. The predicted octanol–water partition coefficient (Wildman–Crippen LogP) is 4.68. The van der Waals surface area contributed by atoms with Gasteiger partial charge >= 0.3 is 12.1 Å². The van der Waals surface area contributed by atoms with Gasteiger partial charge in [0.2, 0.25) is 0 Å². The van der Waals surface area contributed by atoms with Crippen LogP contribution in [0, 0.1) is 5.92 Å². The fourth-order valence-electron chi connectivity index (χ4n) is 3.27. The van der Waals surface area contributed by atoms with Crippen molar-refractivity contribution in [1.29, 1.82) is 0 Å². The number of piperidine rings is 1. The lowest BCUT2D eigenvalue weighted by atomic mass is 9.97. The lowest BCUT2D eigenvalue weighted by Gasteiger charge is -2.29. The molecule has 1 fully saturated rings. The number of halogens is 3. The Morgan fingerprint density at radius 1 is 1.03 bits per heavy atom. The molecule has 2 aromatic rings. The Balaban J connectivity index is 1.44. The van der Waals surface area contributed by atoms with Crippen LogP contribution in [0.4, 0.5) is 18.9 Å². The normalized spacial score (nSPS) is 14.7. The average molecular weight is 493 g/mol. The molecule has 0 bridgehead atoms. The van der Waals surface area contributed by atoms with Gasteiger partial charge in [-0.25, -0.2) is 0 Å². The second-order valence-electron chi connectivity index (χ2n) is 7.56. The third-order valence-corrected chi connectivity index (χ3v) is 6.14. The van der Waals surface area contributed by atoms with Crippen LogP contribution in [-0.4, -0.2) is 48.4 Å². The summed E-state index contributed by atoms with van der Waals surface area (Å²) < 4.78 is 41.9. The molecule has 1 heterocycles. The summed E-state index contributed by atoms with van der Waals surface area (Å²) in [6.45, 7) is 0.165. The van der Waals surface area contributed by atoms with Crippen molar-refractivity contribution < 1.29 is 32.3 Å². The molecule has 0 atom stereocenters. The molecule has 0 unspecified atom stereocenters. The molecular formula is C24H23F3N2O4S. The van der Waals surface area contributed by atoms with E-state index >= 15 is 0 Å². The Labute approximate surface area is 199 Å². The van der Waals surface area contributed by atoms with Crippen LogP contribution in [0.2, 0.25) is 0 Å². The van der Waals surface area contributed by atoms with Gasteiger partial charge in [0.25, 0.3) is 11.7 Å². The van der Waals surface area contributed by atoms with Gasteiger partial charge in [-0.2, -0.15) is 13.2 Å². The zero-order valence-corrected chi connectivity index (χ0v) is 18.9. The number of nitrogens with one attached hydrogen (secondary N) is 1. The van der Waals surface area contributed by atoms with E-state index in [0.717, 1.165) is 16.0 Å². The van der Waals surface area contributed by atoms with E-state index in [2.05, 4.69) is 5.32 Å². The van der Waals surface area contributed by atoms with E-state index < -0.39 is 36.4 Å². The molecule has 1 saturated heterocycles. The first kappa shape index (κ1) is 25.4. The standard InChI is InChI=1S/C24H23F3N2O4S/c25-24(26,27)21(30)12-15-29-13-10-17(11-14-29)23(32)33-16-22(31)28-19-8-4-5-9-20(19)34-18-6-2-1-3-7-18/h1-9,12,15,17H,10-11,13-14,16H2,(H,28,31)/b15-12+. The van der Waals surface area contributed by atoms with Crippen molar-refractivity contribution in [2.24, 2.45) is 5.92 Å². The minimum atomic E-state index is -4.90. The molecule has 1 amide bonds. The Morgan fingerprint density at radius 2 is 1.68 bits per heavy atom. The van der Waals surface area contributed by atoms with Gasteiger partial charge in [-0.1, -0.05) is 42.1 Å². The highest BCUT2D eigenvalue weighted by atomic mass is 32.2. The number of carbonyl (C=O) groups excluding carboxylic acids is 3. The second kappa shape index (κ2) is 11.7. The summed E-state index contributed by atoms with van der Waals surface area (Å²) in [7, 11) is 0. The molecule has 0 aliphatic carbocycles. The fourth-order valence-corrected chi connectivity index (χ4v) is 4.19. The van der Waals surface area contributed by atoms with Gasteiger partial charge in [-0.3, -0.25) is 14.4 Å². The molecule has 10 heteroatoms. The summed E-state index contributed by atoms with van der Waals surface area (Å²) in [4.78, 5) is 39.0. The summed E-state index contributed by atoms with van der Waals surface area (Å²) in [5.41, 5.74) is 0.603. The Hall–Kier alpha value is -3.27. The smallest absolute Gasteiger partial charge is 0.454 e. The summed E-state index contributed by atoms with van der Waals surface area (Å²) in [5.74, 6) is -3.39. The Morgan fingerprint density at radius 3 is 2.35 bits per heavy atom. The molecule has 1 N–H and O–H groups in total. The maximum Gasteiger partial charge on any atom is 0.454 e. The van der Waals surface area contributed by atoms with E-state index in [0.29, 0.717) is 37.7 Å². The lowest BCUT2D eigenvalue weighted by molar-refractivity contribution is -0.165. The van der Waals surface area contributed by atoms with Crippen molar-refractivity contribution in [3.8, 4) is 0 Å². The number of nitrogens with zero attached hydrogens (tertiary/aromatic N) is 1. The fraction of sp³-hybridized carbons (Fsp3) is 0.292. The number of hydrogen-bond donors (Lipinski definition) is 1. The molecule has 1 aliphatic rings. The van der Waals surface area contributed by atoms with Crippen molar-refractivity contribution in [1.82, 2.24) is 4.90 Å². The van der Waals surface area contributed by atoms with E-state index in [9.17, 15) is 27.6 Å². The molecule has 6 nitrogen and oxygen atoms in total. The number of amides is 1. The number of ether oxygens (including phenoxy) is 1. The lowest BCUT2D eigenvalue weighted by Crippen LogP contribution is -2.35. The van der Waals surface area contributed by atoms with E-state index in [-0.39, 0.29) is 0 Å². The molecule has 3 rings (SSSR count). The van der Waals surface area contributed by atoms with Gasteiger partial charge in [0.15, 0.2) is 6.61 Å². The number of benzene rings is 2. The Kier molecular flexibility index (Phi) is 8.75. The quantitative estimate of drug-likeness (QED) is 0.426. The van der Waals surface area contributed by atoms with Crippen LogP contribution in [0.15, 0.2) is 76.7 Å². The van der Waals surface area contributed by atoms with Crippen LogP contribution in [0.5, 0.6) is 0 Å². The number of allylic oxidation sites excluding steroid dienone is 1. The van der Waals surface area contributed by atoms with E-state index in [4.69, 9.17) is 4.74 Å². The minimum Gasteiger partial charge on any atom is -0.455 e. The van der Waals surface area contributed by atoms with E-state index in [1.807, 2.05) is 42.5 Å². The number of likely N-dealkylation sites (tertiary alicyclic amines) is 1. The molecular weight excluding hydrogens is 469 g/mol. The maximum absolute atomic E-state index is 12.3. The van der Waals surface area contributed by atoms with Crippen molar-refractivity contribution in [3.63, 3.8) is 0 Å². The highest BCUT2D eigenvalue weighted by Gasteiger charge is 2.36. The summed E-state index contributed by atoms with van der Waals surface area (Å²) in [6.07, 6.45) is -2.63. The monoisotopic (exact) mass is 492 g/mol. The number of carbonyl (C=O) groups is 3. The number of alkyl halides is 3. The van der Waals surface area contributed by atoms with Crippen molar-refractivity contribution >= 4 is 35.1 Å². The second-order valence-corrected chi connectivity index (χ2v) is 8.67. The minimum absolute atomic E-state index is 0.303. The first-order valence-electron chi connectivity index (χ1n) is 10.5. The molecule has 34 heavy (non-hydrogen) atoms. The van der Waals surface area contributed by atoms with Gasteiger partial charge in [-0.05, 0) is 37.1 Å². The van der Waals surface area contributed by atoms with Gasteiger partial charge in [0, 0.05) is 35.2 Å². The van der Waals surface area contributed by atoms with Crippen LogP contribution >= 0.6 is 11.8 Å². The third kappa shape index (κ3) is 7.65. The molecule has 0 radical (unpaired) electrons. The number of anilines is 1. The summed E-state index contributed by atoms with van der Waals surface area (Å²) >= 11 is 1.49. The highest BCUT2D eigenvalue weighted by Crippen LogP contribution is 2.33. The van der Waals surface area contributed by atoms with Gasteiger partial charge in [0.05, 0.1) is 11.6 Å². The van der Waals surface area contributed by atoms with Crippen molar-refractivity contribution in [2.45, 2.75) is 28.8 Å². The van der Waals surface area contributed by atoms with Crippen molar-refractivity contribution in [2.75, 3.05) is 25.0 Å². The molecule has 0 saturated carbocycles. The number of hydrogen-bond acceptors (Lipinski definition) is 6. The predicted molar refractivity (Wildman–Crippen MR) is 121 cm³/mol. The first-order chi connectivity index (χ1) is 16.2. The zero-order chi connectivity index (χ0) is 24.6. The molecule has 180 valence electrons. The molecule has 2 aromatic carbocycles. The highest BCUT2D eigenvalue weighted by molar-refractivity contribution is 7.99. The number of rotatable bonds is 8. The van der Waals surface area contributed by atoms with Crippen molar-refractivity contribution in [3.05, 3.63) is 66.9 Å². The topological polar surface area (TPSA) is 75.7 Å². The SMILES string of the molecule is O=C(COC(=O)C1CCN(/C=C/C(=O)C(F)(F)F)CC1)Nc1ccccc1Sc1ccccc1. The molecule has 0 aromatic heterocycles. The van der Waals surface area contributed by atoms with Gasteiger partial charge in [-0.15, -0.1) is 0 Å². The van der Waals surface area contributed by atoms with Crippen LogP contribution < -0.4 is 5.32 Å². The third-order valence-electron chi connectivity index (χ3n) is 5.06. The van der Waals surface area contributed by atoms with E-state index in [1.165, 1.54) is 11.8 Å². The Bertz CT molecular complexity index is 1040. The zero-order valence-electron chi connectivity index (χ0n) is 18.1. The number of esters is 1. The summed E-state index contributed by atoms with van der Waals surface area (Å²) in [6, 6.07) is 17.0. The van der Waals surface area contributed by atoms with Crippen LogP contribution in [0.3, 0.4) is 0 Å². The average Bonchev–Trinajstić information content (AvgIpc) is 2.82. The van der Waals surface area contributed by atoms with Crippen LogP contribution in [0.25, 0.3) is 0 Å². The first-order valence-corrected chi connectivity index (χ1v) is 11.4. The van der Waals surface area contributed by atoms with Gasteiger partial charge < -0.3 is 15.0 Å². The molecule has 0 spiro atoms. The summed E-state index contributed by atoms with van der Waals surface area (Å²) in [5, 5.41) is 2.76. The largest absolute Gasteiger partial charge is 0.455 e. The van der Waals surface area contributed by atoms with E-state index in [1.54, 1.807) is 17.0 Å². The van der Waals surface area contributed by atoms with Crippen LogP contribution in [0.1, 0.15) is 12.8 Å². The number of ketones is 1.